The van der Waals surface area contributed by atoms with Crippen molar-refractivity contribution in [3.8, 4) is 0 Å². The van der Waals surface area contributed by atoms with Gasteiger partial charge in [-0.15, -0.1) is 0 Å². The monoisotopic (exact) mass is 183 g/mol. The first-order chi connectivity index (χ1) is 6.20. The molecule has 3 unspecified atom stereocenters. The summed E-state index contributed by atoms with van der Waals surface area (Å²) in [7, 11) is 0. The van der Waals surface area contributed by atoms with Crippen molar-refractivity contribution in [2.75, 3.05) is 0 Å². The average molecular weight is 183 g/mol. The van der Waals surface area contributed by atoms with Crippen molar-refractivity contribution in [2.24, 2.45) is 17.6 Å². The Balaban J connectivity index is 2.22. The second kappa shape index (κ2) is 2.99. The predicted octanol–water partition coefficient (Wildman–Crippen LogP) is -1.11. The molecule has 3 atom stereocenters. The summed E-state index contributed by atoms with van der Waals surface area (Å²) in [6, 6.07) is -0.162. The topological polar surface area (TPSA) is 84.2 Å². The summed E-state index contributed by atoms with van der Waals surface area (Å²) in [4.78, 5) is 22.7. The lowest BCUT2D eigenvalue weighted by molar-refractivity contribution is -0.145. The van der Waals surface area contributed by atoms with E-state index in [1.807, 2.05) is 0 Å². The molecule has 0 aromatic rings. The van der Waals surface area contributed by atoms with E-state index in [9.17, 15) is 9.59 Å². The minimum Gasteiger partial charge on any atom is -0.327 e. The molecule has 4 N–H and O–H groups in total. The lowest BCUT2D eigenvalue weighted by atomic mass is 9.74. The molecular formula is C8H13N3O2. The Morgan fingerprint density at radius 2 is 1.85 bits per heavy atom. The van der Waals surface area contributed by atoms with Crippen LogP contribution in [0.25, 0.3) is 0 Å². The highest BCUT2D eigenvalue weighted by Gasteiger charge is 2.43. The zero-order chi connectivity index (χ0) is 9.42. The highest BCUT2D eigenvalue weighted by atomic mass is 16.2. The van der Waals surface area contributed by atoms with Crippen molar-refractivity contribution >= 4 is 11.8 Å². The molecule has 1 saturated carbocycles. The van der Waals surface area contributed by atoms with Gasteiger partial charge in [-0.25, -0.2) is 0 Å². The molecule has 1 heterocycles. The summed E-state index contributed by atoms with van der Waals surface area (Å²) >= 11 is 0. The number of carbonyl (C=O) groups is 2. The van der Waals surface area contributed by atoms with Crippen molar-refractivity contribution in [1.29, 1.82) is 0 Å². The van der Waals surface area contributed by atoms with Crippen LogP contribution in [0.5, 0.6) is 0 Å². The molecule has 1 aliphatic carbocycles. The highest BCUT2D eigenvalue weighted by Crippen LogP contribution is 2.30. The zero-order valence-corrected chi connectivity index (χ0v) is 7.25. The van der Waals surface area contributed by atoms with Crippen LogP contribution in [0.15, 0.2) is 0 Å². The average Bonchev–Trinajstić information content (AvgIpc) is 2.12. The maximum Gasteiger partial charge on any atom is 0.243 e. The van der Waals surface area contributed by atoms with E-state index in [1.54, 1.807) is 0 Å². The zero-order valence-electron chi connectivity index (χ0n) is 7.25. The number of rotatable bonds is 0. The fraction of sp³-hybridized carbons (Fsp3) is 0.750. The second-order valence-electron chi connectivity index (χ2n) is 3.71. The van der Waals surface area contributed by atoms with Crippen LogP contribution in [0, 0.1) is 11.8 Å². The van der Waals surface area contributed by atoms with Crippen molar-refractivity contribution in [2.45, 2.75) is 25.3 Å². The van der Waals surface area contributed by atoms with Crippen molar-refractivity contribution in [1.82, 2.24) is 10.9 Å². The first-order valence-corrected chi connectivity index (χ1v) is 4.55. The molecule has 1 saturated heterocycles. The van der Waals surface area contributed by atoms with Crippen molar-refractivity contribution in [3.63, 3.8) is 0 Å². The summed E-state index contributed by atoms with van der Waals surface area (Å²) < 4.78 is 0. The minimum atomic E-state index is -0.317. The Hall–Kier alpha value is -1.10. The summed E-state index contributed by atoms with van der Waals surface area (Å²) in [5, 5.41) is 0. The van der Waals surface area contributed by atoms with E-state index in [0.717, 1.165) is 19.3 Å². The molecule has 5 heteroatoms. The number of nitrogens with one attached hydrogen (secondary N) is 2. The van der Waals surface area contributed by atoms with E-state index in [-0.39, 0.29) is 29.7 Å². The Labute approximate surface area is 76.0 Å². The maximum atomic E-state index is 11.4. The molecule has 0 radical (unpaired) electrons. The van der Waals surface area contributed by atoms with E-state index < -0.39 is 0 Å². The third kappa shape index (κ3) is 1.29. The standard InChI is InChI=1S/C8H13N3O2/c9-5-3-1-2-4-6(5)8(13)11-10-7(4)12/h4-6H,1-3,9H2,(H,10,12)(H,11,13). The number of hydrogen-bond donors (Lipinski definition) is 3. The maximum absolute atomic E-state index is 11.4. The van der Waals surface area contributed by atoms with Gasteiger partial charge in [0.2, 0.25) is 11.8 Å². The van der Waals surface area contributed by atoms with Gasteiger partial charge in [0.15, 0.2) is 0 Å². The van der Waals surface area contributed by atoms with Gasteiger partial charge in [0.05, 0.1) is 11.8 Å². The normalized spacial score (nSPS) is 39.0. The van der Waals surface area contributed by atoms with Gasteiger partial charge in [-0.1, -0.05) is 6.42 Å². The first kappa shape index (κ1) is 8.50. The highest BCUT2D eigenvalue weighted by molar-refractivity contribution is 5.93. The van der Waals surface area contributed by atoms with Gasteiger partial charge in [-0.05, 0) is 12.8 Å². The Kier molecular flexibility index (Phi) is 1.95. The molecule has 1 aliphatic heterocycles. The summed E-state index contributed by atoms with van der Waals surface area (Å²) in [6.45, 7) is 0. The van der Waals surface area contributed by atoms with Gasteiger partial charge >= 0.3 is 0 Å². The number of nitrogens with two attached hydrogens (primary N) is 1. The molecule has 13 heavy (non-hydrogen) atoms. The quantitative estimate of drug-likeness (QED) is 0.445. The van der Waals surface area contributed by atoms with Gasteiger partial charge in [-0.3, -0.25) is 20.4 Å². The van der Waals surface area contributed by atoms with E-state index in [2.05, 4.69) is 10.9 Å². The van der Waals surface area contributed by atoms with Gasteiger partial charge in [0.25, 0.3) is 0 Å². The lowest BCUT2D eigenvalue weighted by Gasteiger charge is -2.37. The molecule has 72 valence electrons. The minimum absolute atomic E-state index is 0.0975. The molecule has 2 amide bonds. The molecule has 0 spiro atoms. The molecular weight excluding hydrogens is 170 g/mol. The third-order valence-electron chi connectivity index (χ3n) is 2.90. The number of amides is 2. The van der Waals surface area contributed by atoms with Gasteiger partial charge < -0.3 is 5.73 Å². The van der Waals surface area contributed by atoms with Gasteiger partial charge in [0, 0.05) is 6.04 Å². The van der Waals surface area contributed by atoms with Crippen molar-refractivity contribution in [3.05, 3.63) is 0 Å². The number of carbonyl (C=O) groups excluding carboxylic acids is 2. The largest absolute Gasteiger partial charge is 0.327 e. The molecule has 2 fully saturated rings. The van der Waals surface area contributed by atoms with E-state index in [1.165, 1.54) is 0 Å². The smallest absolute Gasteiger partial charge is 0.243 e. The van der Waals surface area contributed by atoms with Crippen LogP contribution in [-0.2, 0) is 9.59 Å². The molecule has 5 nitrogen and oxygen atoms in total. The number of hydrazine groups is 1. The summed E-state index contributed by atoms with van der Waals surface area (Å²) in [5.74, 6) is -0.767. The Morgan fingerprint density at radius 1 is 1.15 bits per heavy atom. The fourth-order valence-corrected chi connectivity index (χ4v) is 2.20. The fourth-order valence-electron chi connectivity index (χ4n) is 2.20. The van der Waals surface area contributed by atoms with E-state index >= 15 is 0 Å². The first-order valence-electron chi connectivity index (χ1n) is 4.55. The number of hydrogen-bond acceptors (Lipinski definition) is 3. The van der Waals surface area contributed by atoms with Crippen LogP contribution in [0.4, 0.5) is 0 Å². The van der Waals surface area contributed by atoms with Crippen LogP contribution >= 0.6 is 0 Å². The Morgan fingerprint density at radius 3 is 2.54 bits per heavy atom. The van der Waals surface area contributed by atoms with Crippen molar-refractivity contribution < 1.29 is 9.59 Å². The van der Waals surface area contributed by atoms with Crippen LogP contribution in [-0.4, -0.2) is 17.9 Å². The SMILES string of the molecule is NC1CCCC2C(=O)NNC(=O)C12. The van der Waals surface area contributed by atoms with Gasteiger partial charge in [-0.2, -0.15) is 0 Å². The summed E-state index contributed by atoms with van der Waals surface area (Å²) in [5.41, 5.74) is 10.5. The molecule has 0 aromatic carbocycles. The van der Waals surface area contributed by atoms with Crippen LogP contribution in [0.2, 0.25) is 0 Å². The van der Waals surface area contributed by atoms with Crippen LogP contribution < -0.4 is 16.6 Å². The Bertz CT molecular complexity index is 254. The summed E-state index contributed by atoms with van der Waals surface area (Å²) in [6.07, 6.45) is 2.54. The van der Waals surface area contributed by atoms with E-state index in [0.29, 0.717) is 0 Å². The molecule has 0 aromatic heterocycles. The van der Waals surface area contributed by atoms with Crippen LogP contribution in [0.3, 0.4) is 0 Å². The van der Waals surface area contributed by atoms with E-state index in [4.69, 9.17) is 5.73 Å². The molecule has 0 bridgehead atoms. The predicted molar refractivity (Wildman–Crippen MR) is 45.1 cm³/mol. The van der Waals surface area contributed by atoms with Crippen LogP contribution in [0.1, 0.15) is 19.3 Å². The third-order valence-corrected chi connectivity index (χ3v) is 2.90. The molecule has 2 rings (SSSR count). The molecule has 2 aliphatic rings. The lowest BCUT2D eigenvalue weighted by Crippen LogP contribution is -2.61. The van der Waals surface area contributed by atoms with Gasteiger partial charge in [0.1, 0.15) is 0 Å². The second-order valence-corrected chi connectivity index (χ2v) is 3.71. The number of fused-ring (bicyclic) bond motifs is 1.